The number of thioether (sulfide) groups is 1. The number of nitrogens with one attached hydrogen (secondary N) is 1. The highest BCUT2D eigenvalue weighted by Gasteiger charge is 2.30. The van der Waals surface area contributed by atoms with Crippen LogP contribution >= 0.6 is 11.8 Å². The zero-order chi connectivity index (χ0) is 14.1. The third-order valence-electron chi connectivity index (χ3n) is 2.85. The molecule has 20 heavy (non-hydrogen) atoms. The van der Waals surface area contributed by atoms with Crippen LogP contribution in [-0.2, 0) is 4.79 Å². The number of carbonyl (C=O) groups excluding carboxylic acids is 2. The number of nitrogens with zero attached hydrogens (tertiary/aromatic N) is 5. The van der Waals surface area contributed by atoms with Crippen LogP contribution in [-0.4, -0.2) is 54.8 Å². The smallest absolute Gasteiger partial charge is 0.324 e. The summed E-state index contributed by atoms with van der Waals surface area (Å²) in [5.74, 6) is 0.241. The number of hydrogen-bond donors (Lipinski definition) is 1. The summed E-state index contributed by atoms with van der Waals surface area (Å²) in [5.41, 5.74) is 0. The highest BCUT2D eigenvalue weighted by molar-refractivity contribution is 8.00. The lowest BCUT2D eigenvalue weighted by molar-refractivity contribution is -0.126. The van der Waals surface area contributed by atoms with Crippen molar-refractivity contribution in [2.24, 2.45) is 0 Å². The molecular weight excluding hydrogens is 280 g/mol. The molecule has 0 aliphatic carbocycles. The Morgan fingerprint density at radius 3 is 3.10 bits per heavy atom. The van der Waals surface area contributed by atoms with Crippen molar-refractivity contribution in [1.29, 1.82) is 0 Å². The second kappa shape index (κ2) is 5.08. The lowest BCUT2D eigenvalue weighted by atomic mass is 10.4. The van der Waals surface area contributed by atoms with Crippen molar-refractivity contribution in [2.75, 3.05) is 13.1 Å². The monoisotopic (exact) mass is 292 g/mol. The number of urea groups is 1. The molecule has 2 aromatic rings. The molecule has 3 rings (SSSR count). The van der Waals surface area contributed by atoms with Crippen molar-refractivity contribution in [1.82, 2.24) is 29.8 Å². The first-order valence-electron chi connectivity index (χ1n) is 6.08. The maximum atomic E-state index is 12.1. The van der Waals surface area contributed by atoms with E-state index in [1.165, 1.54) is 16.7 Å². The third-order valence-corrected chi connectivity index (χ3v) is 3.79. The Morgan fingerprint density at radius 1 is 1.55 bits per heavy atom. The van der Waals surface area contributed by atoms with E-state index in [4.69, 9.17) is 0 Å². The van der Waals surface area contributed by atoms with E-state index in [2.05, 4.69) is 20.4 Å². The summed E-state index contributed by atoms with van der Waals surface area (Å²) in [6.07, 6.45) is 3.36. The lowest BCUT2D eigenvalue weighted by Crippen LogP contribution is -2.38. The van der Waals surface area contributed by atoms with E-state index in [1.807, 2.05) is 0 Å². The van der Waals surface area contributed by atoms with Gasteiger partial charge in [0.2, 0.25) is 11.1 Å². The van der Waals surface area contributed by atoms with Gasteiger partial charge in [-0.05, 0) is 13.0 Å². The molecule has 0 radical (unpaired) electrons. The predicted octanol–water partition coefficient (Wildman–Crippen LogP) is 0.157. The summed E-state index contributed by atoms with van der Waals surface area (Å²) >= 11 is 1.21. The van der Waals surface area contributed by atoms with Gasteiger partial charge >= 0.3 is 6.03 Å². The summed E-state index contributed by atoms with van der Waals surface area (Å²) in [6.45, 7) is 2.64. The van der Waals surface area contributed by atoms with Crippen molar-refractivity contribution in [3.63, 3.8) is 0 Å². The second-order valence-electron chi connectivity index (χ2n) is 4.24. The van der Waals surface area contributed by atoms with Crippen molar-refractivity contribution in [3.05, 3.63) is 18.5 Å². The van der Waals surface area contributed by atoms with E-state index in [9.17, 15) is 9.59 Å². The summed E-state index contributed by atoms with van der Waals surface area (Å²) in [7, 11) is 0. The zero-order valence-electron chi connectivity index (χ0n) is 10.7. The van der Waals surface area contributed by atoms with E-state index in [1.54, 1.807) is 29.9 Å². The molecule has 0 aromatic carbocycles. The molecule has 3 amide bonds. The van der Waals surface area contributed by atoms with Gasteiger partial charge in [0, 0.05) is 25.5 Å². The van der Waals surface area contributed by atoms with E-state index in [0.29, 0.717) is 24.0 Å². The molecular formula is C11H12N6O2S. The van der Waals surface area contributed by atoms with Crippen LogP contribution in [0.2, 0.25) is 0 Å². The van der Waals surface area contributed by atoms with E-state index < -0.39 is 5.25 Å². The van der Waals surface area contributed by atoms with E-state index in [0.717, 1.165) is 0 Å². The van der Waals surface area contributed by atoms with Gasteiger partial charge < -0.3 is 5.32 Å². The first-order valence-corrected chi connectivity index (χ1v) is 6.96. The topological polar surface area (TPSA) is 92.5 Å². The minimum atomic E-state index is -0.434. The Labute approximate surface area is 118 Å². The molecule has 0 spiro atoms. The summed E-state index contributed by atoms with van der Waals surface area (Å²) in [5, 5.41) is 6.85. The largest absolute Gasteiger partial charge is 0.336 e. The molecule has 1 saturated heterocycles. The van der Waals surface area contributed by atoms with Crippen LogP contribution in [0.3, 0.4) is 0 Å². The summed E-state index contributed by atoms with van der Waals surface area (Å²) in [4.78, 5) is 33.1. The number of hydrogen-bond acceptors (Lipinski definition) is 6. The highest BCUT2D eigenvalue weighted by atomic mass is 32.2. The van der Waals surface area contributed by atoms with Crippen molar-refractivity contribution < 1.29 is 9.59 Å². The number of amides is 3. The Kier molecular flexibility index (Phi) is 3.26. The number of fused-ring (bicyclic) bond motifs is 1. The molecule has 0 saturated carbocycles. The van der Waals surface area contributed by atoms with Gasteiger partial charge in [0.05, 0.1) is 5.25 Å². The molecule has 2 aromatic heterocycles. The third kappa shape index (κ3) is 2.31. The van der Waals surface area contributed by atoms with Crippen LogP contribution in [0.25, 0.3) is 5.78 Å². The first kappa shape index (κ1) is 12.9. The van der Waals surface area contributed by atoms with Crippen molar-refractivity contribution in [3.8, 4) is 0 Å². The zero-order valence-corrected chi connectivity index (χ0v) is 11.5. The van der Waals surface area contributed by atoms with Gasteiger partial charge in [-0.25, -0.2) is 14.3 Å². The van der Waals surface area contributed by atoms with Crippen LogP contribution in [0.4, 0.5) is 4.79 Å². The number of carbonyl (C=O) groups is 2. The van der Waals surface area contributed by atoms with E-state index >= 15 is 0 Å². The van der Waals surface area contributed by atoms with Gasteiger partial charge in [0.25, 0.3) is 5.78 Å². The van der Waals surface area contributed by atoms with Crippen molar-refractivity contribution in [2.45, 2.75) is 17.3 Å². The molecule has 1 aliphatic heterocycles. The maximum absolute atomic E-state index is 12.1. The SMILES string of the molecule is CC(Sc1nc2ncccn2n1)C(=O)N1CCNC1=O. The quantitative estimate of drug-likeness (QED) is 0.810. The fraction of sp³-hybridized carbons (Fsp3) is 0.364. The normalized spacial score (nSPS) is 16.4. The molecule has 3 heterocycles. The number of imide groups is 1. The van der Waals surface area contributed by atoms with Crippen LogP contribution in [0, 0.1) is 0 Å². The predicted molar refractivity (Wildman–Crippen MR) is 71.2 cm³/mol. The molecule has 8 nitrogen and oxygen atoms in total. The molecule has 104 valence electrons. The Balaban J connectivity index is 1.73. The van der Waals surface area contributed by atoms with Gasteiger partial charge in [-0.1, -0.05) is 11.8 Å². The Bertz CT molecular complexity index is 639. The molecule has 1 aliphatic rings. The van der Waals surface area contributed by atoms with Gasteiger partial charge in [-0.2, -0.15) is 4.98 Å². The van der Waals surface area contributed by atoms with E-state index in [-0.39, 0.29) is 11.9 Å². The fourth-order valence-electron chi connectivity index (χ4n) is 1.87. The van der Waals surface area contributed by atoms with Crippen LogP contribution in [0.1, 0.15) is 6.92 Å². The standard InChI is InChI=1S/C11H12N6O2S/c1-7(8(18)16-6-4-13-11(16)19)20-10-14-9-12-3-2-5-17(9)15-10/h2-3,5,7H,4,6H2,1H3,(H,13,19). The van der Waals surface area contributed by atoms with Gasteiger partial charge in [0.15, 0.2) is 0 Å². The van der Waals surface area contributed by atoms with Crippen LogP contribution in [0.15, 0.2) is 23.6 Å². The summed E-state index contributed by atoms with van der Waals surface area (Å²) < 4.78 is 1.54. The van der Waals surface area contributed by atoms with Crippen LogP contribution in [0.5, 0.6) is 0 Å². The fourth-order valence-corrected chi connectivity index (χ4v) is 2.69. The van der Waals surface area contributed by atoms with Gasteiger partial charge in [-0.15, -0.1) is 5.10 Å². The molecule has 1 fully saturated rings. The summed E-state index contributed by atoms with van der Waals surface area (Å²) in [6, 6.07) is 1.41. The minimum Gasteiger partial charge on any atom is -0.336 e. The molecule has 0 bridgehead atoms. The number of rotatable bonds is 3. The average molecular weight is 292 g/mol. The maximum Gasteiger partial charge on any atom is 0.324 e. The highest BCUT2D eigenvalue weighted by Crippen LogP contribution is 2.22. The van der Waals surface area contributed by atoms with Gasteiger partial charge in [-0.3, -0.25) is 9.69 Å². The van der Waals surface area contributed by atoms with Gasteiger partial charge in [0.1, 0.15) is 0 Å². The minimum absolute atomic E-state index is 0.239. The second-order valence-corrected chi connectivity index (χ2v) is 5.55. The molecule has 1 atom stereocenters. The lowest BCUT2D eigenvalue weighted by Gasteiger charge is -2.15. The average Bonchev–Trinajstić information content (AvgIpc) is 3.03. The first-order chi connectivity index (χ1) is 9.65. The van der Waals surface area contributed by atoms with Crippen LogP contribution < -0.4 is 5.32 Å². The Hall–Kier alpha value is -2.16. The molecule has 9 heteroatoms. The van der Waals surface area contributed by atoms with Crippen molar-refractivity contribution >= 4 is 29.5 Å². The molecule has 1 N–H and O–H groups in total. The molecule has 1 unspecified atom stereocenters. The Morgan fingerprint density at radius 2 is 2.40 bits per heavy atom. The number of aromatic nitrogens is 4.